The molecule has 0 saturated heterocycles. The Morgan fingerprint density at radius 1 is 1.20 bits per heavy atom. The van der Waals surface area contributed by atoms with Gasteiger partial charge in [-0.05, 0) is 53.5 Å². The molecule has 1 aromatic rings. The number of hydrogen-bond donors (Lipinski definition) is 1. The van der Waals surface area contributed by atoms with Gasteiger partial charge in [-0.3, -0.25) is 0 Å². The zero-order valence-corrected chi connectivity index (χ0v) is 14.6. The van der Waals surface area contributed by atoms with Crippen molar-refractivity contribution in [1.82, 2.24) is 5.32 Å². The van der Waals surface area contributed by atoms with Crippen LogP contribution in [0.3, 0.4) is 0 Å². The second-order valence-electron chi connectivity index (χ2n) is 4.04. The van der Waals surface area contributed by atoms with Crippen molar-refractivity contribution < 1.29 is 14.2 Å². The standard InChI is InChI=1S/C14H22BrNO3.ClH/c1-4-19-7-5-6-16-10-11-8-12(15)14(18-3)13(9-11)17-2;/h8-9,16H,4-7,10H2,1-3H3;1H. The molecule has 0 amide bonds. The van der Waals surface area contributed by atoms with Crippen LogP contribution >= 0.6 is 28.3 Å². The van der Waals surface area contributed by atoms with E-state index in [2.05, 4.69) is 21.2 Å². The molecule has 0 aromatic heterocycles. The summed E-state index contributed by atoms with van der Waals surface area (Å²) in [6.07, 6.45) is 1.02. The van der Waals surface area contributed by atoms with Gasteiger partial charge in [0.25, 0.3) is 0 Å². The monoisotopic (exact) mass is 367 g/mol. The first kappa shape index (κ1) is 19.5. The smallest absolute Gasteiger partial charge is 0.174 e. The van der Waals surface area contributed by atoms with Crippen LogP contribution in [0.4, 0.5) is 0 Å². The van der Waals surface area contributed by atoms with Crippen LogP contribution < -0.4 is 14.8 Å². The molecule has 0 aliphatic carbocycles. The summed E-state index contributed by atoms with van der Waals surface area (Å²) in [6, 6.07) is 4.02. The number of benzene rings is 1. The molecule has 0 fully saturated rings. The van der Waals surface area contributed by atoms with Gasteiger partial charge in [-0.15, -0.1) is 12.4 Å². The molecule has 20 heavy (non-hydrogen) atoms. The Balaban J connectivity index is 0.00000361. The third-order valence-corrected chi connectivity index (χ3v) is 3.26. The maximum Gasteiger partial charge on any atom is 0.174 e. The summed E-state index contributed by atoms with van der Waals surface area (Å²) in [5.41, 5.74) is 1.15. The van der Waals surface area contributed by atoms with Gasteiger partial charge in [-0.2, -0.15) is 0 Å². The van der Waals surface area contributed by atoms with Crippen molar-refractivity contribution in [3.05, 3.63) is 22.2 Å². The average Bonchev–Trinajstić information content (AvgIpc) is 2.42. The molecule has 0 atom stereocenters. The number of methoxy groups -OCH3 is 2. The molecule has 0 aliphatic rings. The third-order valence-electron chi connectivity index (χ3n) is 2.67. The summed E-state index contributed by atoms with van der Waals surface area (Å²) in [4.78, 5) is 0. The van der Waals surface area contributed by atoms with Gasteiger partial charge in [0, 0.05) is 19.8 Å². The van der Waals surface area contributed by atoms with Crippen LogP contribution in [0.15, 0.2) is 16.6 Å². The van der Waals surface area contributed by atoms with Gasteiger partial charge in [0.15, 0.2) is 11.5 Å². The first-order chi connectivity index (χ1) is 9.22. The lowest BCUT2D eigenvalue weighted by Crippen LogP contribution is -2.16. The molecule has 0 spiro atoms. The normalized spacial score (nSPS) is 10.0. The molecule has 1 aromatic carbocycles. The highest BCUT2D eigenvalue weighted by atomic mass is 79.9. The predicted octanol–water partition coefficient (Wildman–Crippen LogP) is 3.40. The molecule has 1 N–H and O–H groups in total. The quantitative estimate of drug-likeness (QED) is 0.678. The van der Waals surface area contributed by atoms with Crippen molar-refractivity contribution >= 4 is 28.3 Å². The lowest BCUT2D eigenvalue weighted by molar-refractivity contribution is 0.144. The van der Waals surface area contributed by atoms with Crippen LogP contribution in [0.5, 0.6) is 11.5 Å². The summed E-state index contributed by atoms with van der Waals surface area (Å²) >= 11 is 3.49. The van der Waals surface area contributed by atoms with Crippen LogP contribution in [-0.4, -0.2) is 34.0 Å². The highest BCUT2D eigenvalue weighted by Crippen LogP contribution is 2.36. The van der Waals surface area contributed by atoms with E-state index >= 15 is 0 Å². The van der Waals surface area contributed by atoms with Crippen molar-refractivity contribution in [2.75, 3.05) is 34.0 Å². The van der Waals surface area contributed by atoms with Crippen LogP contribution in [0.2, 0.25) is 0 Å². The average molecular weight is 369 g/mol. The SMILES string of the molecule is CCOCCCNCc1cc(Br)c(OC)c(OC)c1.Cl. The summed E-state index contributed by atoms with van der Waals surface area (Å²) in [7, 11) is 3.28. The number of ether oxygens (including phenoxy) is 3. The van der Waals surface area contributed by atoms with Gasteiger partial charge in [-0.1, -0.05) is 0 Å². The molecule has 0 saturated carbocycles. The van der Waals surface area contributed by atoms with E-state index in [1.807, 2.05) is 19.1 Å². The van der Waals surface area contributed by atoms with Gasteiger partial charge < -0.3 is 19.5 Å². The van der Waals surface area contributed by atoms with E-state index in [1.165, 1.54) is 0 Å². The van der Waals surface area contributed by atoms with Gasteiger partial charge >= 0.3 is 0 Å². The number of halogens is 2. The van der Waals surface area contributed by atoms with Gasteiger partial charge in [0.1, 0.15) is 0 Å². The summed E-state index contributed by atoms with van der Waals surface area (Å²) < 4.78 is 16.8. The van der Waals surface area contributed by atoms with E-state index in [0.717, 1.165) is 54.3 Å². The lowest BCUT2D eigenvalue weighted by atomic mass is 10.2. The second-order valence-corrected chi connectivity index (χ2v) is 4.89. The highest BCUT2D eigenvalue weighted by molar-refractivity contribution is 9.10. The van der Waals surface area contributed by atoms with Crippen molar-refractivity contribution in [1.29, 1.82) is 0 Å². The van der Waals surface area contributed by atoms with Crippen molar-refractivity contribution in [3.8, 4) is 11.5 Å². The highest BCUT2D eigenvalue weighted by Gasteiger charge is 2.10. The molecule has 6 heteroatoms. The number of rotatable bonds is 9. The summed E-state index contributed by atoms with van der Waals surface area (Å²) in [5, 5.41) is 3.38. The summed E-state index contributed by atoms with van der Waals surface area (Å²) in [5.74, 6) is 1.46. The molecule has 0 aliphatic heterocycles. The van der Waals surface area contributed by atoms with Crippen LogP contribution in [0.25, 0.3) is 0 Å². The Bertz CT molecular complexity index is 391. The molecular formula is C14H23BrClNO3. The minimum atomic E-state index is 0. The van der Waals surface area contributed by atoms with E-state index in [9.17, 15) is 0 Å². The fourth-order valence-corrected chi connectivity index (χ4v) is 2.40. The van der Waals surface area contributed by atoms with Crippen LogP contribution in [0.1, 0.15) is 18.9 Å². The fourth-order valence-electron chi connectivity index (χ4n) is 1.75. The van der Waals surface area contributed by atoms with E-state index in [-0.39, 0.29) is 12.4 Å². The second kappa shape index (κ2) is 11.2. The van der Waals surface area contributed by atoms with E-state index in [0.29, 0.717) is 0 Å². The predicted molar refractivity (Wildman–Crippen MR) is 87.3 cm³/mol. The molecule has 116 valence electrons. The first-order valence-corrected chi connectivity index (χ1v) is 7.21. The lowest BCUT2D eigenvalue weighted by Gasteiger charge is -2.12. The Morgan fingerprint density at radius 2 is 1.95 bits per heavy atom. The van der Waals surface area contributed by atoms with Gasteiger partial charge in [0.2, 0.25) is 0 Å². The van der Waals surface area contributed by atoms with E-state index in [4.69, 9.17) is 14.2 Å². The molecule has 0 heterocycles. The maximum absolute atomic E-state index is 5.31. The van der Waals surface area contributed by atoms with Crippen molar-refractivity contribution in [2.24, 2.45) is 0 Å². The molecule has 0 bridgehead atoms. The minimum absolute atomic E-state index is 0. The van der Waals surface area contributed by atoms with Crippen LogP contribution in [-0.2, 0) is 11.3 Å². The molecule has 0 radical (unpaired) electrons. The molecule has 1 rings (SSSR count). The van der Waals surface area contributed by atoms with Crippen LogP contribution in [0, 0.1) is 0 Å². The Labute approximate surface area is 135 Å². The topological polar surface area (TPSA) is 39.7 Å². The minimum Gasteiger partial charge on any atom is -0.493 e. The largest absolute Gasteiger partial charge is 0.493 e. The number of hydrogen-bond acceptors (Lipinski definition) is 4. The molecule has 4 nitrogen and oxygen atoms in total. The van der Waals surface area contributed by atoms with E-state index < -0.39 is 0 Å². The molecule has 0 unspecified atom stereocenters. The fraction of sp³-hybridized carbons (Fsp3) is 0.571. The zero-order chi connectivity index (χ0) is 14.1. The molecular weight excluding hydrogens is 346 g/mol. The Kier molecular flexibility index (Phi) is 10.9. The third kappa shape index (κ3) is 6.31. The van der Waals surface area contributed by atoms with Gasteiger partial charge in [-0.25, -0.2) is 0 Å². The van der Waals surface area contributed by atoms with Crippen molar-refractivity contribution in [3.63, 3.8) is 0 Å². The zero-order valence-electron chi connectivity index (χ0n) is 12.2. The van der Waals surface area contributed by atoms with Gasteiger partial charge in [0.05, 0.1) is 18.7 Å². The summed E-state index contributed by atoms with van der Waals surface area (Å²) in [6.45, 7) is 5.33. The number of nitrogens with one attached hydrogen (secondary N) is 1. The Hall–Kier alpha value is -0.490. The van der Waals surface area contributed by atoms with Crippen molar-refractivity contribution in [2.45, 2.75) is 19.9 Å². The first-order valence-electron chi connectivity index (χ1n) is 6.41. The maximum atomic E-state index is 5.31. The van der Waals surface area contributed by atoms with E-state index in [1.54, 1.807) is 14.2 Å². The Morgan fingerprint density at radius 3 is 2.55 bits per heavy atom.